The van der Waals surface area contributed by atoms with Gasteiger partial charge in [0.1, 0.15) is 12.4 Å². The number of carboxylic acid groups (broad SMARTS) is 1. The molecule has 0 aliphatic carbocycles. The lowest BCUT2D eigenvalue weighted by atomic mass is 9.95. The van der Waals surface area contributed by atoms with Crippen LogP contribution in [0.25, 0.3) is 0 Å². The molecule has 1 aromatic rings. The second-order valence-corrected chi connectivity index (χ2v) is 4.24. The SMILES string of the molecule is CC(C)(COc1ccccc1CO)C(=O)O. The minimum Gasteiger partial charge on any atom is -0.492 e. The van der Waals surface area contributed by atoms with Gasteiger partial charge in [0, 0.05) is 5.56 Å². The average Bonchev–Trinajstić information content (AvgIpc) is 2.26. The van der Waals surface area contributed by atoms with Crippen molar-refractivity contribution in [2.24, 2.45) is 5.41 Å². The second-order valence-electron chi connectivity index (χ2n) is 4.24. The Balaban J connectivity index is 2.71. The molecule has 0 aliphatic rings. The highest BCUT2D eigenvalue weighted by Crippen LogP contribution is 2.22. The van der Waals surface area contributed by atoms with Crippen LogP contribution in [0.1, 0.15) is 19.4 Å². The van der Waals surface area contributed by atoms with Gasteiger partial charge >= 0.3 is 5.97 Å². The Hall–Kier alpha value is -1.55. The molecule has 0 heterocycles. The Morgan fingerprint density at radius 2 is 2.00 bits per heavy atom. The van der Waals surface area contributed by atoms with Crippen molar-refractivity contribution in [3.05, 3.63) is 29.8 Å². The van der Waals surface area contributed by atoms with Gasteiger partial charge in [0.15, 0.2) is 0 Å². The van der Waals surface area contributed by atoms with Gasteiger partial charge in [-0.3, -0.25) is 4.79 Å². The largest absolute Gasteiger partial charge is 0.492 e. The van der Waals surface area contributed by atoms with Crippen LogP contribution < -0.4 is 4.74 Å². The van der Waals surface area contributed by atoms with Crippen LogP contribution in [0.2, 0.25) is 0 Å². The fourth-order valence-electron chi connectivity index (χ4n) is 1.10. The molecule has 1 aromatic carbocycles. The van der Waals surface area contributed by atoms with E-state index in [-0.39, 0.29) is 13.2 Å². The molecule has 4 heteroatoms. The number of rotatable bonds is 5. The summed E-state index contributed by atoms with van der Waals surface area (Å²) in [5.74, 6) is -0.381. The van der Waals surface area contributed by atoms with Gasteiger partial charge in [0.25, 0.3) is 0 Å². The summed E-state index contributed by atoms with van der Waals surface area (Å²) in [6.07, 6.45) is 0. The summed E-state index contributed by atoms with van der Waals surface area (Å²) in [7, 11) is 0. The number of aliphatic hydroxyl groups excluding tert-OH is 1. The topological polar surface area (TPSA) is 66.8 Å². The van der Waals surface area contributed by atoms with Gasteiger partial charge in [-0.1, -0.05) is 18.2 Å². The van der Waals surface area contributed by atoms with Crippen LogP contribution >= 0.6 is 0 Å². The lowest BCUT2D eigenvalue weighted by molar-refractivity contribution is -0.148. The van der Waals surface area contributed by atoms with Gasteiger partial charge in [0.2, 0.25) is 0 Å². The van der Waals surface area contributed by atoms with E-state index in [1.165, 1.54) is 0 Å². The number of benzene rings is 1. The molecule has 0 spiro atoms. The van der Waals surface area contributed by atoms with Crippen molar-refractivity contribution >= 4 is 5.97 Å². The fraction of sp³-hybridized carbons (Fsp3) is 0.417. The summed E-state index contributed by atoms with van der Waals surface area (Å²) < 4.78 is 5.41. The van der Waals surface area contributed by atoms with E-state index in [2.05, 4.69) is 0 Å². The molecule has 0 radical (unpaired) electrons. The van der Waals surface area contributed by atoms with E-state index < -0.39 is 11.4 Å². The fourth-order valence-corrected chi connectivity index (χ4v) is 1.10. The third-order valence-corrected chi connectivity index (χ3v) is 2.31. The molecule has 0 bridgehead atoms. The number of carbonyl (C=O) groups is 1. The third-order valence-electron chi connectivity index (χ3n) is 2.31. The first kappa shape index (κ1) is 12.5. The van der Waals surface area contributed by atoms with Crippen LogP contribution in [0.4, 0.5) is 0 Å². The molecule has 0 saturated heterocycles. The van der Waals surface area contributed by atoms with E-state index in [1.807, 2.05) is 0 Å². The van der Waals surface area contributed by atoms with E-state index in [0.717, 1.165) is 0 Å². The normalized spacial score (nSPS) is 11.2. The number of carboxylic acids is 1. The van der Waals surface area contributed by atoms with E-state index in [9.17, 15) is 4.79 Å². The van der Waals surface area contributed by atoms with Crippen LogP contribution in [0.3, 0.4) is 0 Å². The molecule has 0 unspecified atom stereocenters. The van der Waals surface area contributed by atoms with Crippen molar-refractivity contribution in [3.8, 4) is 5.75 Å². The van der Waals surface area contributed by atoms with Crippen molar-refractivity contribution < 1.29 is 19.7 Å². The van der Waals surface area contributed by atoms with Crippen molar-refractivity contribution in [2.75, 3.05) is 6.61 Å². The summed E-state index contributed by atoms with van der Waals surface area (Å²) in [4.78, 5) is 10.9. The summed E-state index contributed by atoms with van der Waals surface area (Å²) in [6.45, 7) is 3.14. The number of ether oxygens (including phenoxy) is 1. The number of aliphatic hydroxyl groups is 1. The maximum atomic E-state index is 10.9. The molecule has 2 N–H and O–H groups in total. The Morgan fingerprint density at radius 1 is 1.38 bits per heavy atom. The maximum absolute atomic E-state index is 10.9. The van der Waals surface area contributed by atoms with Gasteiger partial charge in [-0.2, -0.15) is 0 Å². The summed E-state index contributed by atoms with van der Waals surface area (Å²) in [6, 6.07) is 7.02. The quantitative estimate of drug-likeness (QED) is 0.798. The van der Waals surface area contributed by atoms with Gasteiger partial charge in [-0.15, -0.1) is 0 Å². The molecule has 16 heavy (non-hydrogen) atoms. The van der Waals surface area contributed by atoms with Crippen molar-refractivity contribution in [1.82, 2.24) is 0 Å². The summed E-state index contributed by atoms with van der Waals surface area (Å²) in [5, 5.41) is 18.0. The molecular weight excluding hydrogens is 208 g/mol. The molecule has 0 saturated carbocycles. The molecule has 0 fully saturated rings. The summed E-state index contributed by atoms with van der Waals surface area (Å²) >= 11 is 0. The van der Waals surface area contributed by atoms with Gasteiger partial charge < -0.3 is 14.9 Å². The Bertz CT molecular complexity index is 371. The number of hydrogen-bond acceptors (Lipinski definition) is 3. The smallest absolute Gasteiger partial charge is 0.312 e. The first-order chi connectivity index (χ1) is 7.47. The number of aliphatic carboxylic acids is 1. The summed E-state index contributed by atoms with van der Waals surface area (Å²) in [5.41, 5.74) is -0.286. The highest BCUT2D eigenvalue weighted by atomic mass is 16.5. The standard InChI is InChI=1S/C12H16O4/c1-12(2,11(14)15)8-16-10-6-4-3-5-9(10)7-13/h3-6,13H,7-8H2,1-2H3,(H,14,15). The zero-order valence-corrected chi connectivity index (χ0v) is 9.43. The molecule has 0 aromatic heterocycles. The predicted molar refractivity (Wildman–Crippen MR) is 59.3 cm³/mol. The highest BCUT2D eigenvalue weighted by Gasteiger charge is 2.28. The Labute approximate surface area is 94.5 Å². The molecule has 1 rings (SSSR count). The van der Waals surface area contributed by atoms with E-state index in [0.29, 0.717) is 11.3 Å². The molecule has 0 amide bonds. The van der Waals surface area contributed by atoms with Gasteiger partial charge in [-0.05, 0) is 19.9 Å². The van der Waals surface area contributed by atoms with Crippen LogP contribution in [0.5, 0.6) is 5.75 Å². The van der Waals surface area contributed by atoms with Gasteiger partial charge in [0.05, 0.1) is 12.0 Å². The van der Waals surface area contributed by atoms with Crippen molar-refractivity contribution in [1.29, 1.82) is 0 Å². The highest BCUT2D eigenvalue weighted by molar-refractivity contribution is 5.73. The minimum absolute atomic E-state index is 0.0688. The second kappa shape index (κ2) is 4.99. The first-order valence-electron chi connectivity index (χ1n) is 5.02. The van der Waals surface area contributed by atoms with Gasteiger partial charge in [-0.25, -0.2) is 0 Å². The number of para-hydroxylation sites is 1. The Morgan fingerprint density at radius 3 is 2.56 bits per heavy atom. The van der Waals surface area contributed by atoms with Crippen LogP contribution in [-0.2, 0) is 11.4 Å². The lowest BCUT2D eigenvalue weighted by Gasteiger charge is -2.20. The Kier molecular flexibility index (Phi) is 3.90. The molecule has 0 aliphatic heterocycles. The monoisotopic (exact) mass is 224 g/mol. The maximum Gasteiger partial charge on any atom is 0.312 e. The van der Waals surface area contributed by atoms with E-state index in [1.54, 1.807) is 38.1 Å². The molecular formula is C12H16O4. The van der Waals surface area contributed by atoms with Crippen LogP contribution in [0, 0.1) is 5.41 Å². The zero-order chi connectivity index (χ0) is 12.2. The molecule has 0 atom stereocenters. The lowest BCUT2D eigenvalue weighted by Crippen LogP contribution is -2.30. The van der Waals surface area contributed by atoms with Crippen molar-refractivity contribution in [2.45, 2.75) is 20.5 Å². The molecule has 4 nitrogen and oxygen atoms in total. The first-order valence-corrected chi connectivity index (χ1v) is 5.02. The van der Waals surface area contributed by atoms with Crippen LogP contribution in [0.15, 0.2) is 24.3 Å². The van der Waals surface area contributed by atoms with E-state index >= 15 is 0 Å². The minimum atomic E-state index is -0.942. The zero-order valence-electron chi connectivity index (χ0n) is 9.43. The van der Waals surface area contributed by atoms with E-state index in [4.69, 9.17) is 14.9 Å². The average molecular weight is 224 g/mol. The number of hydrogen-bond donors (Lipinski definition) is 2. The third kappa shape index (κ3) is 2.97. The molecule has 88 valence electrons. The van der Waals surface area contributed by atoms with Crippen molar-refractivity contribution in [3.63, 3.8) is 0 Å². The predicted octanol–water partition coefficient (Wildman–Crippen LogP) is 1.67. The van der Waals surface area contributed by atoms with Crippen LogP contribution in [-0.4, -0.2) is 22.8 Å².